The highest BCUT2D eigenvalue weighted by Crippen LogP contribution is 2.19. The molecule has 0 atom stereocenters. The lowest BCUT2D eigenvalue weighted by molar-refractivity contribution is -0.133. The van der Waals surface area contributed by atoms with Gasteiger partial charge >= 0.3 is 0 Å². The fourth-order valence-corrected chi connectivity index (χ4v) is 3.87. The zero-order chi connectivity index (χ0) is 22.3. The number of carbonyl (C=O) groups excluding carboxylic acids is 1. The lowest BCUT2D eigenvalue weighted by Crippen LogP contribution is -2.49. The summed E-state index contributed by atoms with van der Waals surface area (Å²) in [6, 6.07) is 15.5. The molecule has 1 aliphatic rings. The number of piperazine rings is 1. The fraction of sp³-hybridized carbons (Fsp3) is 0.375. The molecule has 0 aliphatic carbocycles. The second kappa shape index (κ2) is 10.6. The molecule has 7 nitrogen and oxygen atoms in total. The van der Waals surface area contributed by atoms with Gasteiger partial charge in [-0.15, -0.1) is 0 Å². The van der Waals surface area contributed by atoms with Gasteiger partial charge in [-0.1, -0.05) is 28.9 Å². The number of aryl methyl sites for hydroxylation is 1. The number of nitrogens with zero attached hydrogens (tertiary/aromatic N) is 4. The maximum atomic E-state index is 12.6. The topological polar surface area (TPSA) is 71.7 Å². The first-order chi connectivity index (χ1) is 15.6. The van der Waals surface area contributed by atoms with Gasteiger partial charge in [0.1, 0.15) is 5.75 Å². The smallest absolute Gasteiger partial charge is 0.227 e. The van der Waals surface area contributed by atoms with Crippen LogP contribution in [0, 0.1) is 0 Å². The summed E-state index contributed by atoms with van der Waals surface area (Å²) in [5.74, 6) is 1.99. The Morgan fingerprint density at radius 2 is 1.75 bits per heavy atom. The predicted molar refractivity (Wildman–Crippen MR) is 123 cm³/mol. The van der Waals surface area contributed by atoms with Crippen molar-refractivity contribution in [2.75, 3.05) is 39.8 Å². The van der Waals surface area contributed by atoms with E-state index < -0.39 is 0 Å². The average molecular weight is 455 g/mol. The zero-order valence-corrected chi connectivity index (χ0v) is 18.9. The number of hydrogen-bond acceptors (Lipinski definition) is 6. The molecule has 3 aromatic rings. The molecule has 168 valence electrons. The van der Waals surface area contributed by atoms with Gasteiger partial charge in [-0.3, -0.25) is 9.69 Å². The van der Waals surface area contributed by atoms with Crippen LogP contribution in [0.1, 0.15) is 17.9 Å². The lowest BCUT2D eigenvalue weighted by Gasteiger charge is -2.34. The molecule has 0 N–H and O–H groups in total. The first-order valence-corrected chi connectivity index (χ1v) is 11.2. The van der Waals surface area contributed by atoms with Gasteiger partial charge in [0.2, 0.25) is 17.6 Å². The Labute approximate surface area is 192 Å². The van der Waals surface area contributed by atoms with E-state index >= 15 is 0 Å². The second-order valence-electron chi connectivity index (χ2n) is 7.84. The third kappa shape index (κ3) is 5.87. The normalized spacial score (nSPS) is 14.5. The average Bonchev–Trinajstić information content (AvgIpc) is 3.31. The van der Waals surface area contributed by atoms with Crippen LogP contribution in [0.2, 0.25) is 5.02 Å². The Hall–Kier alpha value is -2.90. The van der Waals surface area contributed by atoms with Crippen LogP contribution >= 0.6 is 11.6 Å². The SMILES string of the molecule is COc1ccc(CCN2CCN(C(=O)CCc3nc(-c4ccc(Cl)cc4)no3)CC2)cc1. The molecular weight excluding hydrogens is 428 g/mol. The van der Waals surface area contributed by atoms with E-state index in [0.29, 0.717) is 29.6 Å². The minimum Gasteiger partial charge on any atom is -0.497 e. The summed E-state index contributed by atoms with van der Waals surface area (Å²) in [7, 11) is 1.68. The fourth-order valence-electron chi connectivity index (χ4n) is 3.74. The first-order valence-electron chi connectivity index (χ1n) is 10.8. The number of benzene rings is 2. The molecule has 0 spiro atoms. The third-order valence-corrected chi connectivity index (χ3v) is 5.98. The number of carbonyl (C=O) groups is 1. The number of ether oxygens (including phenoxy) is 1. The Morgan fingerprint density at radius 1 is 1.03 bits per heavy atom. The summed E-state index contributed by atoms with van der Waals surface area (Å²) in [6.45, 7) is 4.28. The maximum absolute atomic E-state index is 12.6. The Bertz CT molecular complexity index is 1010. The molecule has 0 saturated carbocycles. The first kappa shape index (κ1) is 22.3. The summed E-state index contributed by atoms with van der Waals surface area (Å²) >= 11 is 5.91. The van der Waals surface area contributed by atoms with Crippen molar-refractivity contribution in [2.45, 2.75) is 19.3 Å². The van der Waals surface area contributed by atoms with Gasteiger partial charge in [-0.2, -0.15) is 4.98 Å². The summed E-state index contributed by atoms with van der Waals surface area (Å²) < 4.78 is 10.5. The van der Waals surface area contributed by atoms with Gasteiger partial charge in [0.15, 0.2) is 0 Å². The van der Waals surface area contributed by atoms with Gasteiger partial charge in [-0.05, 0) is 48.4 Å². The Kier molecular flexibility index (Phi) is 7.39. The van der Waals surface area contributed by atoms with E-state index in [1.54, 1.807) is 19.2 Å². The molecule has 8 heteroatoms. The molecule has 0 radical (unpaired) electrons. The number of aromatic nitrogens is 2. The lowest BCUT2D eigenvalue weighted by atomic mass is 10.1. The molecule has 2 aromatic carbocycles. The molecule has 2 heterocycles. The van der Waals surface area contributed by atoms with Crippen molar-refractivity contribution < 1.29 is 14.1 Å². The van der Waals surface area contributed by atoms with Crippen LogP contribution in [-0.4, -0.2) is 65.7 Å². The number of halogens is 1. The molecule has 1 saturated heterocycles. The number of amides is 1. The minimum absolute atomic E-state index is 0.131. The standard InChI is InChI=1S/C24H27ClN4O3/c1-31-21-8-2-18(3-9-21)12-13-28-14-16-29(17-15-28)23(30)11-10-22-26-24(27-32-22)19-4-6-20(25)7-5-19/h2-9H,10-17H2,1H3. The molecule has 4 rings (SSSR count). The van der Waals surface area contributed by atoms with Crippen LogP contribution in [0.4, 0.5) is 0 Å². The van der Waals surface area contributed by atoms with E-state index in [-0.39, 0.29) is 5.91 Å². The van der Waals surface area contributed by atoms with Crippen molar-refractivity contribution in [1.29, 1.82) is 0 Å². The van der Waals surface area contributed by atoms with E-state index in [9.17, 15) is 4.79 Å². The van der Waals surface area contributed by atoms with Gasteiger partial charge in [0.05, 0.1) is 7.11 Å². The molecule has 32 heavy (non-hydrogen) atoms. The van der Waals surface area contributed by atoms with Gasteiger partial charge in [-0.25, -0.2) is 0 Å². The monoisotopic (exact) mass is 454 g/mol. The summed E-state index contributed by atoms with van der Waals surface area (Å²) in [4.78, 5) is 21.4. The number of methoxy groups -OCH3 is 1. The van der Waals surface area contributed by atoms with E-state index in [2.05, 4.69) is 27.2 Å². The number of hydrogen-bond donors (Lipinski definition) is 0. The van der Waals surface area contributed by atoms with Crippen molar-refractivity contribution >= 4 is 17.5 Å². The Balaban J connectivity index is 1.19. The molecular formula is C24H27ClN4O3. The van der Waals surface area contributed by atoms with Crippen molar-refractivity contribution in [2.24, 2.45) is 0 Å². The summed E-state index contributed by atoms with van der Waals surface area (Å²) in [6.07, 6.45) is 1.80. The van der Waals surface area contributed by atoms with E-state index in [4.69, 9.17) is 20.9 Å². The van der Waals surface area contributed by atoms with E-state index in [0.717, 1.165) is 50.5 Å². The molecule has 0 bridgehead atoms. The van der Waals surface area contributed by atoms with Crippen molar-refractivity contribution in [1.82, 2.24) is 19.9 Å². The highest BCUT2D eigenvalue weighted by atomic mass is 35.5. The van der Waals surface area contributed by atoms with Gasteiger partial charge in [0, 0.05) is 56.2 Å². The van der Waals surface area contributed by atoms with Crippen LogP contribution in [0.3, 0.4) is 0 Å². The van der Waals surface area contributed by atoms with Crippen molar-refractivity contribution in [3.8, 4) is 17.1 Å². The quantitative estimate of drug-likeness (QED) is 0.516. The number of rotatable bonds is 8. The summed E-state index contributed by atoms with van der Waals surface area (Å²) in [5, 5.41) is 4.66. The van der Waals surface area contributed by atoms with Gasteiger partial charge in [0.25, 0.3) is 0 Å². The molecule has 1 aliphatic heterocycles. The van der Waals surface area contributed by atoms with E-state index in [1.807, 2.05) is 29.2 Å². The van der Waals surface area contributed by atoms with Crippen LogP contribution in [0.25, 0.3) is 11.4 Å². The highest BCUT2D eigenvalue weighted by Gasteiger charge is 2.21. The molecule has 1 amide bonds. The molecule has 1 fully saturated rings. The Morgan fingerprint density at radius 3 is 2.44 bits per heavy atom. The van der Waals surface area contributed by atoms with Crippen LogP contribution in [0.15, 0.2) is 53.1 Å². The largest absolute Gasteiger partial charge is 0.497 e. The zero-order valence-electron chi connectivity index (χ0n) is 18.2. The van der Waals surface area contributed by atoms with Crippen molar-refractivity contribution in [3.63, 3.8) is 0 Å². The van der Waals surface area contributed by atoms with Crippen molar-refractivity contribution in [3.05, 3.63) is 65.0 Å². The third-order valence-electron chi connectivity index (χ3n) is 5.72. The molecule has 1 aromatic heterocycles. The van der Waals surface area contributed by atoms with Crippen LogP contribution in [-0.2, 0) is 17.6 Å². The van der Waals surface area contributed by atoms with Gasteiger partial charge < -0.3 is 14.2 Å². The predicted octanol–water partition coefficient (Wildman–Crippen LogP) is 3.72. The summed E-state index contributed by atoms with van der Waals surface area (Å²) in [5.41, 5.74) is 2.13. The second-order valence-corrected chi connectivity index (χ2v) is 8.28. The molecule has 0 unspecified atom stereocenters. The van der Waals surface area contributed by atoms with Crippen LogP contribution < -0.4 is 4.74 Å². The van der Waals surface area contributed by atoms with E-state index in [1.165, 1.54) is 5.56 Å². The van der Waals surface area contributed by atoms with Crippen LogP contribution in [0.5, 0.6) is 5.75 Å². The maximum Gasteiger partial charge on any atom is 0.227 e. The highest BCUT2D eigenvalue weighted by molar-refractivity contribution is 6.30. The minimum atomic E-state index is 0.131.